The third kappa shape index (κ3) is 4.70. The minimum absolute atomic E-state index is 0.0949. The van der Waals surface area contributed by atoms with Crippen LogP contribution in [0.2, 0.25) is 0 Å². The molecule has 170 valence electrons. The van der Waals surface area contributed by atoms with E-state index in [1.54, 1.807) is 19.1 Å². The van der Waals surface area contributed by atoms with E-state index in [0.29, 0.717) is 5.75 Å². The van der Waals surface area contributed by atoms with E-state index in [-0.39, 0.29) is 18.2 Å². The number of aryl methyl sites for hydroxylation is 1. The third-order valence-electron chi connectivity index (χ3n) is 6.10. The minimum Gasteiger partial charge on any atom is -0.497 e. The van der Waals surface area contributed by atoms with Gasteiger partial charge in [0.2, 0.25) is 11.8 Å². The Morgan fingerprint density at radius 1 is 0.909 bits per heavy atom. The highest BCUT2D eigenvalue weighted by Gasteiger charge is 2.45. The molecule has 1 saturated heterocycles. The maximum absolute atomic E-state index is 13.4. The Morgan fingerprint density at radius 3 is 2.03 bits per heavy atom. The zero-order valence-corrected chi connectivity index (χ0v) is 19.1. The molecule has 0 spiro atoms. The largest absolute Gasteiger partial charge is 0.497 e. The van der Waals surface area contributed by atoms with Crippen molar-refractivity contribution < 1.29 is 19.1 Å². The van der Waals surface area contributed by atoms with Crippen molar-refractivity contribution in [3.63, 3.8) is 0 Å². The summed E-state index contributed by atoms with van der Waals surface area (Å²) in [5, 5.41) is 3.01. The smallest absolute Gasteiger partial charge is 0.230 e. The fraction of sp³-hybridized carbons (Fsp3) is 0.259. The summed E-state index contributed by atoms with van der Waals surface area (Å²) in [6.07, 6.45) is 1.06. The number of nitrogens with zero attached hydrogens (tertiary/aromatic N) is 1. The predicted octanol–water partition coefficient (Wildman–Crippen LogP) is 5.00. The van der Waals surface area contributed by atoms with Gasteiger partial charge >= 0.3 is 0 Å². The first-order valence-electron chi connectivity index (χ1n) is 11.0. The molecule has 33 heavy (non-hydrogen) atoms. The lowest BCUT2D eigenvalue weighted by Gasteiger charge is -2.28. The quantitative estimate of drug-likeness (QED) is 0.557. The van der Waals surface area contributed by atoms with Crippen molar-refractivity contribution >= 4 is 23.2 Å². The lowest BCUT2D eigenvalue weighted by Crippen LogP contribution is -2.32. The fourth-order valence-electron chi connectivity index (χ4n) is 4.26. The lowest BCUT2D eigenvalue weighted by atomic mass is 9.92. The average Bonchev–Trinajstić information content (AvgIpc) is 3.21. The molecule has 1 N–H and O–H groups in total. The van der Waals surface area contributed by atoms with E-state index in [2.05, 4.69) is 12.2 Å². The Kier molecular flexibility index (Phi) is 6.63. The highest BCUT2D eigenvalue weighted by Crippen LogP contribution is 2.42. The van der Waals surface area contributed by atoms with E-state index < -0.39 is 12.0 Å². The number of hydrogen-bond donors (Lipinski definition) is 1. The van der Waals surface area contributed by atoms with Gasteiger partial charge in [-0.25, -0.2) is 0 Å². The first-order chi connectivity index (χ1) is 16.0. The van der Waals surface area contributed by atoms with Crippen molar-refractivity contribution in [2.45, 2.75) is 25.8 Å². The number of rotatable bonds is 7. The molecule has 1 aliphatic rings. The number of benzene rings is 3. The molecule has 0 aromatic heterocycles. The summed E-state index contributed by atoms with van der Waals surface area (Å²) >= 11 is 0. The molecule has 2 atom stereocenters. The van der Waals surface area contributed by atoms with E-state index in [1.807, 2.05) is 72.8 Å². The second kappa shape index (κ2) is 9.77. The van der Waals surface area contributed by atoms with Gasteiger partial charge < -0.3 is 19.7 Å². The van der Waals surface area contributed by atoms with Crippen LogP contribution in [0.1, 0.15) is 30.5 Å². The summed E-state index contributed by atoms with van der Waals surface area (Å²) in [5.74, 6) is 0.609. The Hall–Kier alpha value is -3.80. The molecule has 3 aromatic carbocycles. The van der Waals surface area contributed by atoms with Crippen molar-refractivity contribution in [2.24, 2.45) is 5.92 Å². The highest BCUT2D eigenvalue weighted by atomic mass is 16.5. The maximum atomic E-state index is 13.4. The molecule has 2 unspecified atom stereocenters. The summed E-state index contributed by atoms with van der Waals surface area (Å²) in [4.78, 5) is 28.3. The standard InChI is InChI=1S/C27H28N2O4/c1-4-18-5-9-20(10-6-18)28-27(31)24-17-25(30)29(21-11-15-23(33-3)16-12-21)26(24)19-7-13-22(32-2)14-8-19/h5-16,24,26H,4,17H2,1-3H3,(H,28,31). The fourth-order valence-corrected chi connectivity index (χ4v) is 4.26. The van der Waals surface area contributed by atoms with Crippen molar-refractivity contribution in [2.75, 3.05) is 24.4 Å². The van der Waals surface area contributed by atoms with Crippen molar-refractivity contribution in [3.8, 4) is 11.5 Å². The molecule has 1 aliphatic heterocycles. The number of methoxy groups -OCH3 is 2. The van der Waals surface area contributed by atoms with Gasteiger partial charge in [0.15, 0.2) is 0 Å². The second-order valence-corrected chi connectivity index (χ2v) is 8.03. The van der Waals surface area contributed by atoms with Crippen LogP contribution in [0, 0.1) is 5.92 Å². The van der Waals surface area contributed by atoms with E-state index >= 15 is 0 Å². The SMILES string of the molecule is CCc1ccc(NC(=O)C2CC(=O)N(c3ccc(OC)cc3)C2c2ccc(OC)cc2)cc1. The van der Waals surface area contributed by atoms with Gasteiger partial charge in [0, 0.05) is 17.8 Å². The molecular weight excluding hydrogens is 416 g/mol. The van der Waals surface area contributed by atoms with E-state index in [1.165, 1.54) is 5.56 Å². The van der Waals surface area contributed by atoms with Crippen LogP contribution in [0.4, 0.5) is 11.4 Å². The molecule has 0 aliphatic carbocycles. The number of carbonyl (C=O) groups excluding carboxylic acids is 2. The number of amides is 2. The molecule has 6 heteroatoms. The molecular formula is C27H28N2O4. The molecule has 0 bridgehead atoms. The van der Waals surface area contributed by atoms with E-state index in [9.17, 15) is 9.59 Å². The first kappa shape index (κ1) is 22.4. The monoisotopic (exact) mass is 444 g/mol. The Bertz CT molecular complexity index is 1110. The summed E-state index contributed by atoms with van der Waals surface area (Å²) < 4.78 is 10.5. The normalized spacial score (nSPS) is 17.7. The summed E-state index contributed by atoms with van der Waals surface area (Å²) in [6.45, 7) is 2.09. The topological polar surface area (TPSA) is 67.9 Å². The van der Waals surface area contributed by atoms with Crippen LogP contribution in [0.25, 0.3) is 0 Å². The van der Waals surface area contributed by atoms with Crippen LogP contribution < -0.4 is 19.7 Å². The van der Waals surface area contributed by atoms with Crippen LogP contribution in [0.3, 0.4) is 0 Å². The van der Waals surface area contributed by atoms with Crippen LogP contribution in [-0.2, 0) is 16.0 Å². The van der Waals surface area contributed by atoms with Crippen LogP contribution in [0.5, 0.6) is 11.5 Å². The van der Waals surface area contributed by atoms with Crippen molar-refractivity contribution in [3.05, 3.63) is 83.9 Å². The molecule has 0 radical (unpaired) electrons. The van der Waals surface area contributed by atoms with Crippen LogP contribution >= 0.6 is 0 Å². The molecule has 4 rings (SSSR count). The van der Waals surface area contributed by atoms with Gasteiger partial charge in [-0.3, -0.25) is 9.59 Å². The summed E-state index contributed by atoms with van der Waals surface area (Å²) in [7, 11) is 3.21. The lowest BCUT2D eigenvalue weighted by molar-refractivity contribution is -0.122. The summed E-state index contributed by atoms with van der Waals surface area (Å²) in [6, 6.07) is 22.2. The Labute approximate surface area is 194 Å². The minimum atomic E-state index is -0.543. The van der Waals surface area contributed by atoms with Crippen LogP contribution in [0.15, 0.2) is 72.8 Å². The second-order valence-electron chi connectivity index (χ2n) is 8.03. The third-order valence-corrected chi connectivity index (χ3v) is 6.10. The number of hydrogen-bond acceptors (Lipinski definition) is 4. The van der Waals surface area contributed by atoms with Crippen molar-refractivity contribution in [1.82, 2.24) is 0 Å². The summed E-state index contributed by atoms with van der Waals surface area (Å²) in [5.41, 5.74) is 3.52. The zero-order chi connectivity index (χ0) is 23.4. The predicted molar refractivity (Wildman–Crippen MR) is 129 cm³/mol. The maximum Gasteiger partial charge on any atom is 0.230 e. The van der Waals surface area contributed by atoms with Gasteiger partial charge in [-0.1, -0.05) is 31.2 Å². The van der Waals surface area contributed by atoms with E-state index in [4.69, 9.17) is 9.47 Å². The van der Waals surface area contributed by atoms with Gasteiger partial charge in [0.1, 0.15) is 11.5 Å². The Morgan fingerprint density at radius 2 is 1.48 bits per heavy atom. The number of carbonyl (C=O) groups is 2. The molecule has 6 nitrogen and oxygen atoms in total. The van der Waals surface area contributed by atoms with E-state index in [0.717, 1.165) is 29.1 Å². The van der Waals surface area contributed by atoms with Gasteiger partial charge in [-0.05, 0) is 66.1 Å². The first-order valence-corrected chi connectivity index (χ1v) is 11.0. The number of ether oxygens (including phenoxy) is 2. The molecule has 0 saturated carbocycles. The highest BCUT2D eigenvalue weighted by molar-refractivity contribution is 6.04. The van der Waals surface area contributed by atoms with Crippen molar-refractivity contribution in [1.29, 1.82) is 0 Å². The van der Waals surface area contributed by atoms with Gasteiger partial charge in [-0.15, -0.1) is 0 Å². The van der Waals surface area contributed by atoms with Gasteiger partial charge in [0.25, 0.3) is 0 Å². The van der Waals surface area contributed by atoms with Gasteiger partial charge in [-0.2, -0.15) is 0 Å². The number of nitrogens with one attached hydrogen (secondary N) is 1. The number of anilines is 2. The molecule has 2 amide bonds. The molecule has 3 aromatic rings. The zero-order valence-electron chi connectivity index (χ0n) is 19.1. The van der Waals surface area contributed by atoms with Crippen LogP contribution in [-0.4, -0.2) is 26.0 Å². The van der Waals surface area contributed by atoms with Gasteiger partial charge in [0.05, 0.1) is 26.2 Å². The average molecular weight is 445 g/mol. The molecule has 1 heterocycles. The Balaban J connectivity index is 1.67. The molecule has 1 fully saturated rings.